The molecule has 0 amide bonds. The number of rotatable bonds is 13. The minimum atomic E-state index is -0.233. The van der Waals surface area contributed by atoms with Crippen LogP contribution >= 0.6 is 0 Å². The van der Waals surface area contributed by atoms with Crippen molar-refractivity contribution < 1.29 is 0 Å². The van der Waals surface area contributed by atoms with Crippen LogP contribution in [0.1, 0.15) is 0 Å². The first-order valence-electron chi connectivity index (χ1n) is 36.8. The van der Waals surface area contributed by atoms with Gasteiger partial charge in [-0.05, 0) is 230 Å². The summed E-state index contributed by atoms with van der Waals surface area (Å²) in [6, 6.07) is 149. The molecule has 0 fully saturated rings. The van der Waals surface area contributed by atoms with E-state index in [-0.39, 0.29) is 6.71 Å². The van der Waals surface area contributed by atoms with Crippen LogP contribution in [-0.4, -0.2) is 16.7 Å². The number of nitrogens with zero attached hydrogens (tertiary/aromatic N) is 4. The van der Waals surface area contributed by atoms with Crippen LogP contribution in [0.5, 0.6) is 0 Å². The van der Waals surface area contributed by atoms with Gasteiger partial charge in [-0.15, -0.1) is 0 Å². The Labute approximate surface area is 623 Å². The van der Waals surface area contributed by atoms with Gasteiger partial charge in [0.1, 0.15) is 0 Å². The average molecular weight is 1360 g/mol. The Bertz CT molecular complexity index is 5800. The van der Waals surface area contributed by atoms with Crippen LogP contribution in [0.15, 0.2) is 406 Å². The van der Waals surface area contributed by atoms with E-state index < -0.39 is 0 Å². The van der Waals surface area contributed by atoms with E-state index in [2.05, 4.69) is 416 Å². The zero-order valence-electron chi connectivity index (χ0n) is 58.5. The van der Waals surface area contributed by atoms with Gasteiger partial charge >= 0.3 is 0 Å². The predicted molar refractivity (Wildman–Crippen MR) is 451 cm³/mol. The lowest BCUT2D eigenvalue weighted by atomic mass is 9.33. The summed E-state index contributed by atoms with van der Waals surface area (Å²) in [7, 11) is 0. The summed E-state index contributed by atoms with van der Waals surface area (Å²) < 4.78 is 0. The number of hydrogen-bond donors (Lipinski definition) is 0. The second-order valence-corrected chi connectivity index (χ2v) is 28.1. The highest BCUT2D eigenvalue weighted by Crippen LogP contribution is 2.50. The van der Waals surface area contributed by atoms with E-state index in [0.717, 1.165) is 162 Å². The Kier molecular flexibility index (Phi) is 15.6. The number of benzene rings is 17. The van der Waals surface area contributed by atoms with E-state index in [0.29, 0.717) is 5.82 Å². The Balaban J connectivity index is 0.932. The van der Waals surface area contributed by atoms with Crippen molar-refractivity contribution in [2.45, 2.75) is 0 Å². The van der Waals surface area contributed by atoms with Crippen molar-refractivity contribution >= 4 is 78.8 Å². The molecule has 0 aliphatic carbocycles. The molecule has 0 atom stereocenters. The Hall–Kier alpha value is -14.0. The van der Waals surface area contributed by atoms with Crippen LogP contribution in [0, 0.1) is 0 Å². The van der Waals surface area contributed by atoms with Crippen LogP contribution in [0.25, 0.3) is 144 Å². The van der Waals surface area contributed by atoms with Crippen molar-refractivity contribution in [3.05, 3.63) is 406 Å². The molecule has 0 spiro atoms. The average Bonchev–Trinajstić information content (AvgIpc) is 0.689. The summed E-state index contributed by atoms with van der Waals surface area (Å²) in [6.45, 7) is -0.233. The van der Waals surface area contributed by atoms with Crippen molar-refractivity contribution in [1.82, 2.24) is 9.97 Å². The van der Waals surface area contributed by atoms with E-state index in [9.17, 15) is 0 Å². The maximum atomic E-state index is 6.02. The molecule has 2 aliphatic rings. The third-order valence-corrected chi connectivity index (χ3v) is 21.5. The second kappa shape index (κ2) is 26.7. The van der Waals surface area contributed by atoms with E-state index in [1.807, 2.05) is 0 Å². The third-order valence-electron chi connectivity index (χ3n) is 21.5. The standard InChI is InChI=1S/C102H67BN4/c1-9-29-68(30-10-1)80-49-81(69-31-11-2-12-32-69)54-88(53-80)95-67-96(105-102(104-95)90-55-82(70-33-13-3-14-34-70)50-83(56-90)71-35-15-4-16-36-71)89-65-99-101-100(66-89)107(92-59-86(74-41-21-7-22-42-74)52-87(60-92)75-43-23-8-24-44-75)98-64-79-48-28-26-46-77(79)62-94(98)103(101)93-61-76-45-25-27-47-78(76)63-97(93)106(99)91-57-84(72-37-17-5-18-38-72)51-85(58-91)73-39-19-6-20-40-73/h1-67H. The molecule has 17 aromatic carbocycles. The third kappa shape index (κ3) is 11.7. The van der Waals surface area contributed by atoms with Gasteiger partial charge in [-0.25, -0.2) is 9.97 Å². The molecule has 18 aromatic rings. The normalized spacial score (nSPS) is 12.1. The Morgan fingerprint density at radius 1 is 0.178 bits per heavy atom. The molecule has 0 N–H and O–H groups in total. The van der Waals surface area contributed by atoms with Gasteiger partial charge in [-0.1, -0.05) is 303 Å². The molecular formula is C102H67BN4. The molecule has 3 heterocycles. The summed E-state index contributed by atoms with van der Waals surface area (Å²) >= 11 is 0. The predicted octanol–water partition coefficient (Wildman–Crippen LogP) is 25.2. The fourth-order valence-corrected chi connectivity index (χ4v) is 16.3. The van der Waals surface area contributed by atoms with Crippen LogP contribution in [0.2, 0.25) is 0 Å². The molecule has 1 aromatic heterocycles. The molecular weight excluding hydrogens is 1290 g/mol. The SMILES string of the molecule is c1ccc(-c2cc(-c3ccccc3)cc(-c3cc(-c4cc5c6c(c4)N(c4cc(-c7ccccc7)cc(-c7ccccc7)c4)c4cc7ccccc7cc4B6c4cc6ccccc6cc4N5c4cc(-c5ccccc5)cc(-c5ccccc5)c4)nc(-c4cc(-c5ccccc5)cc(-c5ccccc5)c4)n3)c2)cc1. The van der Waals surface area contributed by atoms with Crippen LogP contribution in [0.3, 0.4) is 0 Å². The van der Waals surface area contributed by atoms with Gasteiger partial charge < -0.3 is 9.80 Å². The molecule has 5 heteroatoms. The van der Waals surface area contributed by atoms with E-state index in [4.69, 9.17) is 9.97 Å². The lowest BCUT2D eigenvalue weighted by Gasteiger charge is -2.45. The fourth-order valence-electron chi connectivity index (χ4n) is 16.3. The maximum Gasteiger partial charge on any atom is 0.252 e. The summed E-state index contributed by atoms with van der Waals surface area (Å²) in [5.74, 6) is 0.608. The van der Waals surface area contributed by atoms with Crippen LogP contribution in [-0.2, 0) is 0 Å². The van der Waals surface area contributed by atoms with Gasteiger partial charge in [0.15, 0.2) is 5.82 Å². The number of aromatic nitrogens is 2. The highest BCUT2D eigenvalue weighted by Gasteiger charge is 2.45. The van der Waals surface area contributed by atoms with E-state index >= 15 is 0 Å². The molecule has 2 aliphatic heterocycles. The Morgan fingerprint density at radius 2 is 0.411 bits per heavy atom. The molecule has 0 bridgehead atoms. The zero-order chi connectivity index (χ0) is 70.7. The Morgan fingerprint density at radius 3 is 0.701 bits per heavy atom. The summed E-state index contributed by atoms with van der Waals surface area (Å²) in [4.78, 5) is 17.1. The van der Waals surface area contributed by atoms with Crippen molar-refractivity contribution in [3.8, 4) is 123 Å². The topological polar surface area (TPSA) is 32.3 Å². The largest absolute Gasteiger partial charge is 0.311 e. The molecule has 0 unspecified atom stereocenters. The zero-order valence-corrected chi connectivity index (χ0v) is 58.5. The molecule has 4 nitrogen and oxygen atoms in total. The van der Waals surface area contributed by atoms with Gasteiger partial charge in [0.25, 0.3) is 6.71 Å². The van der Waals surface area contributed by atoms with Crippen LogP contribution < -0.4 is 26.2 Å². The molecule has 0 saturated carbocycles. The molecule has 0 radical (unpaired) electrons. The number of anilines is 6. The first-order valence-corrected chi connectivity index (χ1v) is 36.8. The summed E-state index contributed by atoms with van der Waals surface area (Å²) in [5, 5.41) is 4.68. The number of hydrogen-bond acceptors (Lipinski definition) is 4. The van der Waals surface area contributed by atoms with Gasteiger partial charge in [0.2, 0.25) is 0 Å². The van der Waals surface area contributed by atoms with Crippen molar-refractivity contribution in [1.29, 1.82) is 0 Å². The minimum absolute atomic E-state index is 0.233. The second-order valence-electron chi connectivity index (χ2n) is 28.1. The van der Waals surface area contributed by atoms with Crippen molar-refractivity contribution in [2.24, 2.45) is 0 Å². The quantitative estimate of drug-likeness (QED) is 0.108. The molecule has 107 heavy (non-hydrogen) atoms. The molecule has 498 valence electrons. The highest BCUT2D eigenvalue weighted by atomic mass is 15.2. The number of fused-ring (bicyclic) bond motifs is 6. The van der Waals surface area contributed by atoms with Gasteiger partial charge in [-0.3, -0.25) is 0 Å². The first kappa shape index (κ1) is 62.8. The summed E-state index contributed by atoms with van der Waals surface area (Å²) in [6.07, 6.45) is 0. The van der Waals surface area contributed by atoms with Gasteiger partial charge in [-0.2, -0.15) is 0 Å². The van der Waals surface area contributed by atoms with Crippen molar-refractivity contribution in [3.63, 3.8) is 0 Å². The highest BCUT2D eigenvalue weighted by molar-refractivity contribution is 7.00. The van der Waals surface area contributed by atoms with Crippen molar-refractivity contribution in [2.75, 3.05) is 9.80 Å². The fraction of sp³-hybridized carbons (Fsp3) is 0. The monoisotopic (exact) mass is 1360 g/mol. The molecule has 0 saturated heterocycles. The van der Waals surface area contributed by atoms with Gasteiger partial charge in [0, 0.05) is 50.8 Å². The van der Waals surface area contributed by atoms with E-state index in [1.54, 1.807) is 0 Å². The smallest absolute Gasteiger partial charge is 0.252 e. The molecule has 20 rings (SSSR count). The van der Waals surface area contributed by atoms with E-state index in [1.165, 1.54) is 27.2 Å². The summed E-state index contributed by atoms with van der Waals surface area (Å²) in [5.41, 5.74) is 32.2. The lowest BCUT2D eigenvalue weighted by Crippen LogP contribution is -2.61. The lowest BCUT2D eigenvalue weighted by molar-refractivity contribution is 1.18. The van der Waals surface area contributed by atoms with Gasteiger partial charge in [0.05, 0.1) is 11.4 Å². The minimum Gasteiger partial charge on any atom is -0.311 e. The maximum absolute atomic E-state index is 6.02. The van der Waals surface area contributed by atoms with Crippen LogP contribution in [0.4, 0.5) is 34.1 Å². The first-order chi connectivity index (χ1) is 53.0.